The first-order valence-corrected chi connectivity index (χ1v) is 7.83. The third-order valence-electron chi connectivity index (χ3n) is 4.35. The van der Waals surface area contributed by atoms with Crippen LogP contribution in [0.25, 0.3) is 0 Å². The first-order chi connectivity index (χ1) is 9.74. The fourth-order valence-corrected chi connectivity index (χ4v) is 2.93. The van der Waals surface area contributed by atoms with E-state index in [-0.39, 0.29) is 6.04 Å². The van der Waals surface area contributed by atoms with Gasteiger partial charge in [-0.2, -0.15) is 0 Å². The molecule has 1 aromatic carbocycles. The number of benzene rings is 1. The number of hydrogen-bond acceptors (Lipinski definition) is 2. The summed E-state index contributed by atoms with van der Waals surface area (Å²) in [6.07, 6.45) is 5.71. The van der Waals surface area contributed by atoms with Crippen molar-refractivity contribution in [1.82, 2.24) is 10.2 Å². The van der Waals surface area contributed by atoms with Crippen LogP contribution in [-0.2, 0) is 11.3 Å². The van der Waals surface area contributed by atoms with Crippen molar-refractivity contribution in [2.75, 3.05) is 6.54 Å². The molecule has 0 radical (unpaired) electrons. The highest BCUT2D eigenvalue weighted by molar-refractivity contribution is 5.82. The average molecular weight is 272 g/mol. The number of amides is 1. The van der Waals surface area contributed by atoms with Gasteiger partial charge in [0, 0.05) is 12.6 Å². The molecule has 1 aliphatic heterocycles. The Hall–Kier alpha value is -1.35. The summed E-state index contributed by atoms with van der Waals surface area (Å²) in [6.45, 7) is 3.85. The van der Waals surface area contributed by atoms with Crippen LogP contribution in [0.1, 0.15) is 43.2 Å². The molecular weight excluding hydrogens is 248 g/mol. The van der Waals surface area contributed by atoms with Gasteiger partial charge in [0.15, 0.2) is 0 Å². The van der Waals surface area contributed by atoms with Crippen LogP contribution in [0.3, 0.4) is 0 Å². The lowest BCUT2D eigenvalue weighted by atomic mass is 10.0. The fourth-order valence-electron chi connectivity index (χ4n) is 2.93. The zero-order valence-corrected chi connectivity index (χ0v) is 12.3. The maximum Gasteiger partial charge on any atom is 0.240 e. The van der Waals surface area contributed by atoms with Crippen LogP contribution >= 0.6 is 0 Å². The second kappa shape index (κ2) is 5.96. The molecule has 108 valence electrons. The standard InChI is InChI=1S/C17H24N2O/c1-13-5-7-14(8-6-13)12-19(15-9-10-15)17(20)16-4-2-3-11-18-16/h5-8,15-16,18H,2-4,9-12H2,1H3. The lowest BCUT2D eigenvalue weighted by Crippen LogP contribution is -2.49. The first-order valence-electron chi connectivity index (χ1n) is 7.83. The largest absolute Gasteiger partial charge is 0.334 e. The molecule has 1 aromatic rings. The van der Waals surface area contributed by atoms with E-state index in [9.17, 15) is 4.79 Å². The summed E-state index contributed by atoms with van der Waals surface area (Å²) in [5.74, 6) is 0.313. The zero-order valence-electron chi connectivity index (χ0n) is 12.3. The molecular formula is C17H24N2O. The van der Waals surface area contributed by atoms with Crippen LogP contribution in [0.5, 0.6) is 0 Å². The third-order valence-corrected chi connectivity index (χ3v) is 4.35. The van der Waals surface area contributed by atoms with Gasteiger partial charge in [0.05, 0.1) is 6.04 Å². The summed E-state index contributed by atoms with van der Waals surface area (Å²) in [4.78, 5) is 14.8. The third kappa shape index (κ3) is 3.21. The Morgan fingerprint density at radius 2 is 1.95 bits per heavy atom. The molecule has 20 heavy (non-hydrogen) atoms. The summed E-state index contributed by atoms with van der Waals surface area (Å²) in [6, 6.07) is 9.08. The molecule has 1 amide bonds. The van der Waals surface area contributed by atoms with Crippen molar-refractivity contribution in [1.29, 1.82) is 0 Å². The van der Waals surface area contributed by atoms with Gasteiger partial charge in [0.2, 0.25) is 5.91 Å². The Bertz CT molecular complexity index is 458. The van der Waals surface area contributed by atoms with E-state index < -0.39 is 0 Å². The number of nitrogens with one attached hydrogen (secondary N) is 1. The molecule has 0 aromatic heterocycles. The van der Waals surface area contributed by atoms with E-state index in [1.165, 1.54) is 36.8 Å². The smallest absolute Gasteiger partial charge is 0.240 e. The lowest BCUT2D eigenvalue weighted by molar-refractivity contribution is -0.135. The molecule has 1 atom stereocenters. The average Bonchev–Trinajstić information content (AvgIpc) is 3.31. The van der Waals surface area contributed by atoms with Gasteiger partial charge in [-0.3, -0.25) is 4.79 Å². The maximum atomic E-state index is 12.7. The van der Waals surface area contributed by atoms with E-state index in [2.05, 4.69) is 41.4 Å². The normalized spacial score (nSPS) is 22.6. The van der Waals surface area contributed by atoms with Crippen molar-refractivity contribution in [2.24, 2.45) is 0 Å². The first kappa shape index (κ1) is 13.6. The van der Waals surface area contributed by atoms with Crippen LogP contribution in [-0.4, -0.2) is 29.4 Å². The SMILES string of the molecule is Cc1ccc(CN(C(=O)C2CCCCN2)C2CC2)cc1. The number of rotatable bonds is 4. The summed E-state index contributed by atoms with van der Waals surface area (Å²) in [7, 11) is 0. The maximum absolute atomic E-state index is 12.7. The topological polar surface area (TPSA) is 32.3 Å². The molecule has 1 heterocycles. The molecule has 2 fully saturated rings. The van der Waals surface area contributed by atoms with Gasteiger partial charge in [-0.25, -0.2) is 0 Å². The molecule has 1 N–H and O–H groups in total. The van der Waals surface area contributed by atoms with Crippen LogP contribution in [0.15, 0.2) is 24.3 Å². The highest BCUT2D eigenvalue weighted by atomic mass is 16.2. The molecule has 1 unspecified atom stereocenters. The lowest BCUT2D eigenvalue weighted by Gasteiger charge is -2.30. The zero-order chi connectivity index (χ0) is 13.9. The molecule has 1 saturated heterocycles. The fraction of sp³-hybridized carbons (Fsp3) is 0.588. The second-order valence-electron chi connectivity index (χ2n) is 6.19. The number of aryl methyl sites for hydroxylation is 1. The van der Waals surface area contributed by atoms with Gasteiger partial charge < -0.3 is 10.2 Å². The molecule has 1 saturated carbocycles. The van der Waals surface area contributed by atoms with Gasteiger partial charge in [-0.15, -0.1) is 0 Å². The minimum absolute atomic E-state index is 0.0507. The van der Waals surface area contributed by atoms with Crippen LogP contribution in [0.4, 0.5) is 0 Å². The molecule has 3 heteroatoms. The van der Waals surface area contributed by atoms with E-state index in [4.69, 9.17) is 0 Å². The van der Waals surface area contributed by atoms with Gasteiger partial charge in [-0.05, 0) is 44.7 Å². The minimum atomic E-state index is 0.0507. The van der Waals surface area contributed by atoms with Crippen molar-refractivity contribution >= 4 is 5.91 Å². The number of nitrogens with zero attached hydrogens (tertiary/aromatic N) is 1. The Labute approximate surface area is 121 Å². The van der Waals surface area contributed by atoms with E-state index in [0.717, 1.165) is 19.5 Å². The van der Waals surface area contributed by atoms with E-state index in [0.29, 0.717) is 11.9 Å². The van der Waals surface area contributed by atoms with Gasteiger partial charge in [-0.1, -0.05) is 36.2 Å². The number of piperidine rings is 1. The predicted octanol–water partition coefficient (Wildman–Crippen LogP) is 2.63. The van der Waals surface area contributed by atoms with Gasteiger partial charge >= 0.3 is 0 Å². The van der Waals surface area contributed by atoms with Crippen molar-refractivity contribution in [3.8, 4) is 0 Å². The monoisotopic (exact) mass is 272 g/mol. The van der Waals surface area contributed by atoms with Crippen molar-refractivity contribution in [3.63, 3.8) is 0 Å². The van der Waals surface area contributed by atoms with Crippen molar-refractivity contribution in [2.45, 2.75) is 57.7 Å². The quantitative estimate of drug-likeness (QED) is 0.914. The summed E-state index contributed by atoms with van der Waals surface area (Å²) < 4.78 is 0. The Morgan fingerprint density at radius 3 is 2.55 bits per heavy atom. The highest BCUT2D eigenvalue weighted by Gasteiger charge is 2.36. The molecule has 3 rings (SSSR count). The highest BCUT2D eigenvalue weighted by Crippen LogP contribution is 2.29. The molecule has 0 spiro atoms. The Balaban J connectivity index is 1.68. The molecule has 2 aliphatic rings. The van der Waals surface area contributed by atoms with Crippen molar-refractivity contribution < 1.29 is 4.79 Å². The van der Waals surface area contributed by atoms with Crippen LogP contribution < -0.4 is 5.32 Å². The number of carbonyl (C=O) groups is 1. The summed E-state index contributed by atoms with van der Waals surface area (Å²) in [5.41, 5.74) is 2.51. The van der Waals surface area contributed by atoms with E-state index in [1.807, 2.05) is 0 Å². The Kier molecular flexibility index (Phi) is 4.06. The second-order valence-corrected chi connectivity index (χ2v) is 6.19. The summed E-state index contributed by atoms with van der Waals surface area (Å²) >= 11 is 0. The van der Waals surface area contributed by atoms with Crippen LogP contribution in [0, 0.1) is 6.92 Å². The van der Waals surface area contributed by atoms with Gasteiger partial charge in [0.1, 0.15) is 0 Å². The van der Waals surface area contributed by atoms with E-state index >= 15 is 0 Å². The van der Waals surface area contributed by atoms with Crippen molar-refractivity contribution in [3.05, 3.63) is 35.4 Å². The summed E-state index contributed by atoms with van der Waals surface area (Å²) in [5, 5.41) is 3.39. The Morgan fingerprint density at radius 1 is 1.20 bits per heavy atom. The minimum Gasteiger partial charge on any atom is -0.334 e. The van der Waals surface area contributed by atoms with Gasteiger partial charge in [0.25, 0.3) is 0 Å². The number of hydrogen-bond donors (Lipinski definition) is 1. The molecule has 0 bridgehead atoms. The van der Waals surface area contributed by atoms with Crippen LogP contribution in [0.2, 0.25) is 0 Å². The number of carbonyl (C=O) groups excluding carboxylic acids is 1. The molecule has 3 nitrogen and oxygen atoms in total. The van der Waals surface area contributed by atoms with E-state index in [1.54, 1.807) is 0 Å². The predicted molar refractivity (Wildman–Crippen MR) is 80.4 cm³/mol. The molecule has 1 aliphatic carbocycles.